The van der Waals surface area contributed by atoms with E-state index >= 15 is 0 Å². The Morgan fingerprint density at radius 2 is 2.31 bits per heavy atom. The Labute approximate surface area is 80.2 Å². The number of imidazole rings is 1. The Kier molecular flexibility index (Phi) is 1.71. The molecule has 0 atom stereocenters. The van der Waals surface area contributed by atoms with Crippen LogP contribution in [0.4, 0.5) is 0 Å². The van der Waals surface area contributed by atoms with Gasteiger partial charge >= 0.3 is 0 Å². The van der Waals surface area contributed by atoms with Crippen LogP contribution in [0.5, 0.6) is 0 Å². The zero-order chi connectivity index (χ0) is 9.42. The number of hydrogen-bond donors (Lipinski definition) is 0. The number of para-hydroxylation sites is 1. The Morgan fingerprint density at radius 3 is 3.00 bits per heavy atom. The molecule has 0 aliphatic rings. The molecule has 0 saturated carbocycles. The fourth-order valence-electron chi connectivity index (χ4n) is 1.33. The van der Waals surface area contributed by atoms with E-state index < -0.39 is 0 Å². The van der Waals surface area contributed by atoms with E-state index in [1.54, 1.807) is 23.7 Å². The van der Waals surface area contributed by atoms with E-state index in [1.807, 2.05) is 6.07 Å². The molecule has 0 fully saturated rings. The molecule has 64 valence electrons. The van der Waals surface area contributed by atoms with Crippen molar-refractivity contribution in [2.24, 2.45) is 7.05 Å². The smallest absolute Gasteiger partial charge is 0.203 e. The summed E-state index contributed by atoms with van der Waals surface area (Å²) in [5.41, 5.74) is 2.14. The first-order valence-electron chi connectivity index (χ1n) is 3.75. The number of nitrogens with zero attached hydrogens (tertiary/aromatic N) is 3. The normalized spacial score (nSPS) is 10.2. The van der Waals surface area contributed by atoms with Crippen LogP contribution in [-0.2, 0) is 7.05 Å². The fraction of sp³-hybridized carbons (Fsp3) is 0.111. The van der Waals surface area contributed by atoms with Crippen LogP contribution in [0.3, 0.4) is 0 Å². The Bertz CT molecular complexity index is 507. The molecule has 0 aliphatic heterocycles. The third kappa shape index (κ3) is 1.07. The summed E-state index contributed by atoms with van der Waals surface area (Å²) < 4.78 is 1.70. The van der Waals surface area contributed by atoms with Crippen LogP contribution >= 0.6 is 11.6 Å². The van der Waals surface area contributed by atoms with Crippen molar-refractivity contribution >= 4 is 22.6 Å². The maximum absolute atomic E-state index is 8.84. The van der Waals surface area contributed by atoms with Crippen molar-refractivity contribution in [1.29, 1.82) is 5.26 Å². The molecule has 2 aromatic rings. The summed E-state index contributed by atoms with van der Waals surface area (Å²) in [6.45, 7) is 0. The summed E-state index contributed by atoms with van der Waals surface area (Å²) in [5, 5.41) is 9.24. The van der Waals surface area contributed by atoms with Crippen LogP contribution in [0.25, 0.3) is 11.0 Å². The van der Waals surface area contributed by atoms with Crippen LogP contribution < -0.4 is 0 Å². The molecule has 0 bridgehead atoms. The molecule has 0 radical (unpaired) electrons. The first-order valence-corrected chi connectivity index (χ1v) is 4.13. The molecular weight excluding hydrogens is 186 g/mol. The van der Waals surface area contributed by atoms with Gasteiger partial charge in [0.05, 0.1) is 16.6 Å². The van der Waals surface area contributed by atoms with Crippen LogP contribution in [0.15, 0.2) is 18.2 Å². The van der Waals surface area contributed by atoms with Gasteiger partial charge in [-0.2, -0.15) is 5.26 Å². The average molecular weight is 192 g/mol. The van der Waals surface area contributed by atoms with E-state index in [2.05, 4.69) is 11.1 Å². The first kappa shape index (κ1) is 8.09. The molecule has 2 rings (SSSR count). The zero-order valence-electron chi connectivity index (χ0n) is 6.95. The number of nitriles is 1. The number of aromatic nitrogens is 2. The highest BCUT2D eigenvalue weighted by atomic mass is 35.5. The van der Waals surface area contributed by atoms with E-state index in [9.17, 15) is 0 Å². The molecule has 0 N–H and O–H groups in total. The molecule has 4 heteroatoms. The summed E-state index contributed by atoms with van der Waals surface area (Å²) in [6, 6.07) is 7.49. The molecule has 3 nitrogen and oxygen atoms in total. The standard InChI is InChI=1S/C9H6ClN3/c1-13-8-6(5-11)3-2-4-7(8)12-9(13)10/h2-4H,1H3. The highest BCUT2D eigenvalue weighted by Crippen LogP contribution is 2.20. The van der Waals surface area contributed by atoms with Crippen molar-refractivity contribution in [3.05, 3.63) is 29.0 Å². The quantitative estimate of drug-likeness (QED) is 0.640. The Hall–Kier alpha value is -1.53. The van der Waals surface area contributed by atoms with E-state index in [4.69, 9.17) is 16.9 Å². The lowest BCUT2D eigenvalue weighted by Gasteiger charge is -1.96. The van der Waals surface area contributed by atoms with Crippen molar-refractivity contribution in [1.82, 2.24) is 9.55 Å². The van der Waals surface area contributed by atoms with E-state index in [1.165, 1.54) is 0 Å². The van der Waals surface area contributed by atoms with Gasteiger partial charge in [0, 0.05) is 7.05 Å². The second-order valence-electron chi connectivity index (χ2n) is 2.72. The average Bonchev–Trinajstić information content (AvgIpc) is 2.43. The van der Waals surface area contributed by atoms with Gasteiger partial charge in [-0.1, -0.05) is 6.07 Å². The van der Waals surface area contributed by atoms with Gasteiger partial charge in [0.15, 0.2) is 0 Å². The second-order valence-corrected chi connectivity index (χ2v) is 3.06. The van der Waals surface area contributed by atoms with Crippen molar-refractivity contribution in [2.45, 2.75) is 0 Å². The van der Waals surface area contributed by atoms with Gasteiger partial charge in [0.25, 0.3) is 0 Å². The summed E-state index contributed by atoms with van der Waals surface area (Å²) in [7, 11) is 1.79. The molecule has 13 heavy (non-hydrogen) atoms. The van der Waals surface area contributed by atoms with Gasteiger partial charge in [-0.05, 0) is 23.7 Å². The first-order chi connectivity index (χ1) is 6.24. The van der Waals surface area contributed by atoms with E-state index in [-0.39, 0.29) is 0 Å². The summed E-state index contributed by atoms with van der Waals surface area (Å²) in [5.74, 6) is 0. The minimum absolute atomic E-state index is 0.401. The molecule has 1 aromatic heterocycles. The molecule has 1 aromatic carbocycles. The molecule has 0 amide bonds. The van der Waals surface area contributed by atoms with Crippen molar-refractivity contribution in [3.63, 3.8) is 0 Å². The van der Waals surface area contributed by atoms with Crippen LogP contribution in [0, 0.1) is 11.3 Å². The lowest BCUT2D eigenvalue weighted by Crippen LogP contribution is -1.89. The predicted molar refractivity (Wildman–Crippen MR) is 50.4 cm³/mol. The molecule has 0 saturated heterocycles. The highest BCUT2D eigenvalue weighted by Gasteiger charge is 2.08. The minimum atomic E-state index is 0.401. The SMILES string of the molecule is Cn1c(Cl)nc2cccc(C#N)c21. The highest BCUT2D eigenvalue weighted by molar-refractivity contribution is 6.29. The lowest BCUT2D eigenvalue weighted by molar-refractivity contribution is 0.947. The Balaban J connectivity index is 2.97. The summed E-state index contributed by atoms with van der Waals surface area (Å²) in [4.78, 5) is 4.10. The molecule has 0 unspecified atom stereocenters. The minimum Gasteiger partial charge on any atom is -0.317 e. The molecule has 1 heterocycles. The number of aryl methyl sites for hydroxylation is 1. The molecular formula is C9H6ClN3. The number of halogens is 1. The van der Waals surface area contributed by atoms with Crippen LogP contribution in [-0.4, -0.2) is 9.55 Å². The third-order valence-electron chi connectivity index (χ3n) is 1.96. The fourth-order valence-corrected chi connectivity index (χ4v) is 1.51. The number of benzene rings is 1. The van der Waals surface area contributed by atoms with Crippen LogP contribution in [0.1, 0.15) is 5.56 Å². The zero-order valence-corrected chi connectivity index (χ0v) is 7.71. The number of hydrogen-bond acceptors (Lipinski definition) is 2. The third-order valence-corrected chi connectivity index (χ3v) is 2.30. The molecule has 0 spiro atoms. The van der Waals surface area contributed by atoms with Gasteiger partial charge in [-0.25, -0.2) is 4.98 Å². The predicted octanol–water partition coefficient (Wildman–Crippen LogP) is 2.10. The Morgan fingerprint density at radius 1 is 1.54 bits per heavy atom. The van der Waals surface area contributed by atoms with Gasteiger partial charge < -0.3 is 4.57 Å². The van der Waals surface area contributed by atoms with Crippen LogP contribution in [0.2, 0.25) is 5.28 Å². The van der Waals surface area contributed by atoms with E-state index in [0.717, 1.165) is 11.0 Å². The van der Waals surface area contributed by atoms with Crippen molar-refractivity contribution in [2.75, 3.05) is 0 Å². The van der Waals surface area contributed by atoms with Crippen molar-refractivity contribution in [3.8, 4) is 6.07 Å². The van der Waals surface area contributed by atoms with Gasteiger partial charge in [-0.15, -0.1) is 0 Å². The number of rotatable bonds is 0. The van der Waals surface area contributed by atoms with E-state index in [0.29, 0.717) is 10.8 Å². The lowest BCUT2D eigenvalue weighted by atomic mass is 10.2. The van der Waals surface area contributed by atoms with Gasteiger partial charge in [0.2, 0.25) is 5.28 Å². The largest absolute Gasteiger partial charge is 0.317 e. The summed E-state index contributed by atoms with van der Waals surface area (Å²) >= 11 is 5.82. The van der Waals surface area contributed by atoms with Gasteiger partial charge in [-0.3, -0.25) is 0 Å². The second kappa shape index (κ2) is 2.75. The van der Waals surface area contributed by atoms with Gasteiger partial charge in [0.1, 0.15) is 6.07 Å². The van der Waals surface area contributed by atoms with Crippen molar-refractivity contribution < 1.29 is 0 Å². The molecule has 0 aliphatic carbocycles. The summed E-state index contributed by atoms with van der Waals surface area (Å²) in [6.07, 6.45) is 0. The topological polar surface area (TPSA) is 41.6 Å². The maximum atomic E-state index is 8.84. The monoisotopic (exact) mass is 191 g/mol. The maximum Gasteiger partial charge on any atom is 0.203 e. The number of fused-ring (bicyclic) bond motifs is 1.